The molecule has 0 fully saturated rings. The standard InChI is InChI=1S/C16H17Br2N/c1-11-8-13(6-7-16(11)18)10-19-12(2)14-4-3-5-15(17)9-14/h3-9,12,19H,10H2,1-2H3/t12-/m0/s1. The zero-order chi connectivity index (χ0) is 13.8. The van der Waals surface area contributed by atoms with E-state index in [1.807, 2.05) is 6.07 Å². The van der Waals surface area contributed by atoms with Crippen LogP contribution < -0.4 is 5.32 Å². The molecule has 0 aromatic heterocycles. The van der Waals surface area contributed by atoms with Crippen LogP contribution in [0.2, 0.25) is 0 Å². The van der Waals surface area contributed by atoms with Crippen molar-refractivity contribution < 1.29 is 0 Å². The number of rotatable bonds is 4. The minimum atomic E-state index is 0.335. The van der Waals surface area contributed by atoms with Crippen LogP contribution in [0.25, 0.3) is 0 Å². The van der Waals surface area contributed by atoms with Gasteiger partial charge in [0.2, 0.25) is 0 Å². The highest BCUT2D eigenvalue weighted by Crippen LogP contribution is 2.20. The van der Waals surface area contributed by atoms with Gasteiger partial charge in [0, 0.05) is 21.5 Å². The first kappa shape index (κ1) is 14.8. The van der Waals surface area contributed by atoms with Crippen LogP contribution in [-0.4, -0.2) is 0 Å². The average Bonchev–Trinajstić information content (AvgIpc) is 2.40. The van der Waals surface area contributed by atoms with Gasteiger partial charge in [0.05, 0.1) is 0 Å². The first-order valence-electron chi connectivity index (χ1n) is 6.30. The Morgan fingerprint density at radius 3 is 2.58 bits per heavy atom. The topological polar surface area (TPSA) is 12.0 Å². The molecule has 2 rings (SSSR count). The molecule has 0 radical (unpaired) electrons. The van der Waals surface area contributed by atoms with Crippen LogP contribution in [0, 0.1) is 6.92 Å². The summed E-state index contributed by atoms with van der Waals surface area (Å²) in [5.74, 6) is 0. The summed E-state index contributed by atoms with van der Waals surface area (Å²) in [5, 5.41) is 3.55. The van der Waals surface area contributed by atoms with Crippen molar-refractivity contribution in [3.63, 3.8) is 0 Å². The molecule has 0 amide bonds. The molecule has 0 saturated carbocycles. The van der Waals surface area contributed by atoms with Gasteiger partial charge in [0.15, 0.2) is 0 Å². The fourth-order valence-electron chi connectivity index (χ4n) is 1.98. The predicted molar refractivity (Wildman–Crippen MR) is 88.3 cm³/mol. The molecular formula is C16H17Br2N. The van der Waals surface area contributed by atoms with E-state index in [1.165, 1.54) is 16.7 Å². The summed E-state index contributed by atoms with van der Waals surface area (Å²) in [6, 6.07) is 15.2. The first-order chi connectivity index (χ1) is 9.06. The number of nitrogens with one attached hydrogen (secondary N) is 1. The lowest BCUT2D eigenvalue weighted by molar-refractivity contribution is 0.574. The third kappa shape index (κ3) is 4.16. The van der Waals surface area contributed by atoms with E-state index in [2.05, 4.69) is 87.4 Å². The third-order valence-corrected chi connectivity index (χ3v) is 4.57. The maximum absolute atomic E-state index is 3.55. The molecule has 3 heteroatoms. The number of hydrogen-bond acceptors (Lipinski definition) is 1. The summed E-state index contributed by atoms with van der Waals surface area (Å²) in [4.78, 5) is 0. The Morgan fingerprint density at radius 2 is 1.89 bits per heavy atom. The van der Waals surface area contributed by atoms with Crippen molar-refractivity contribution in [2.45, 2.75) is 26.4 Å². The molecular weight excluding hydrogens is 366 g/mol. The van der Waals surface area contributed by atoms with E-state index in [-0.39, 0.29) is 0 Å². The minimum absolute atomic E-state index is 0.335. The summed E-state index contributed by atoms with van der Waals surface area (Å²) in [7, 11) is 0. The molecule has 0 unspecified atom stereocenters. The second-order valence-corrected chi connectivity index (χ2v) is 6.51. The number of benzene rings is 2. The Hall–Kier alpha value is -0.640. The van der Waals surface area contributed by atoms with E-state index in [1.54, 1.807) is 0 Å². The highest BCUT2D eigenvalue weighted by Gasteiger charge is 2.05. The summed E-state index contributed by atoms with van der Waals surface area (Å²) < 4.78 is 2.29. The first-order valence-corrected chi connectivity index (χ1v) is 7.89. The van der Waals surface area contributed by atoms with Gasteiger partial charge >= 0.3 is 0 Å². The largest absolute Gasteiger partial charge is 0.306 e. The Morgan fingerprint density at radius 1 is 1.11 bits per heavy atom. The van der Waals surface area contributed by atoms with Gasteiger partial charge in [-0.3, -0.25) is 0 Å². The van der Waals surface area contributed by atoms with Gasteiger partial charge in [-0.15, -0.1) is 0 Å². The Balaban J connectivity index is 2.00. The maximum atomic E-state index is 3.55. The van der Waals surface area contributed by atoms with E-state index in [9.17, 15) is 0 Å². The molecule has 0 saturated heterocycles. The van der Waals surface area contributed by atoms with Crippen LogP contribution in [0.1, 0.15) is 29.7 Å². The van der Waals surface area contributed by atoms with Crippen molar-refractivity contribution >= 4 is 31.9 Å². The van der Waals surface area contributed by atoms with E-state index < -0.39 is 0 Å². The molecule has 0 heterocycles. The molecule has 1 atom stereocenters. The van der Waals surface area contributed by atoms with Gasteiger partial charge in [-0.05, 0) is 48.7 Å². The predicted octanol–water partition coefficient (Wildman–Crippen LogP) is 5.37. The summed E-state index contributed by atoms with van der Waals surface area (Å²) in [6.45, 7) is 5.18. The molecule has 2 aromatic rings. The lowest BCUT2D eigenvalue weighted by Gasteiger charge is -2.15. The molecule has 19 heavy (non-hydrogen) atoms. The highest BCUT2D eigenvalue weighted by molar-refractivity contribution is 9.10. The quantitative estimate of drug-likeness (QED) is 0.749. The van der Waals surface area contributed by atoms with Crippen LogP contribution >= 0.6 is 31.9 Å². The summed E-state index contributed by atoms with van der Waals surface area (Å²) in [5.41, 5.74) is 3.88. The van der Waals surface area contributed by atoms with Crippen molar-refractivity contribution in [1.82, 2.24) is 5.32 Å². The second-order valence-electron chi connectivity index (χ2n) is 4.74. The molecule has 1 N–H and O–H groups in total. The summed E-state index contributed by atoms with van der Waals surface area (Å²) in [6.07, 6.45) is 0. The van der Waals surface area contributed by atoms with Crippen LogP contribution in [0.5, 0.6) is 0 Å². The van der Waals surface area contributed by atoms with Gasteiger partial charge in [-0.2, -0.15) is 0 Å². The molecule has 0 aliphatic rings. The van der Waals surface area contributed by atoms with Crippen LogP contribution in [0.3, 0.4) is 0 Å². The Kier molecular flexibility index (Phi) is 5.20. The van der Waals surface area contributed by atoms with Crippen molar-refractivity contribution in [2.24, 2.45) is 0 Å². The molecule has 100 valence electrons. The monoisotopic (exact) mass is 381 g/mol. The molecule has 2 aromatic carbocycles. The smallest absolute Gasteiger partial charge is 0.0295 e. The van der Waals surface area contributed by atoms with Gasteiger partial charge in [0.1, 0.15) is 0 Å². The van der Waals surface area contributed by atoms with Crippen LogP contribution in [-0.2, 0) is 6.54 Å². The van der Waals surface area contributed by atoms with Crippen molar-refractivity contribution in [3.8, 4) is 0 Å². The number of aryl methyl sites for hydroxylation is 1. The molecule has 1 nitrogen and oxygen atoms in total. The van der Waals surface area contributed by atoms with Gasteiger partial charge in [-0.25, -0.2) is 0 Å². The lowest BCUT2D eigenvalue weighted by atomic mass is 10.1. The normalized spacial score (nSPS) is 12.4. The maximum Gasteiger partial charge on any atom is 0.0295 e. The number of hydrogen-bond donors (Lipinski definition) is 1. The zero-order valence-corrected chi connectivity index (χ0v) is 14.3. The fraction of sp³-hybridized carbons (Fsp3) is 0.250. The number of halogens is 2. The van der Waals surface area contributed by atoms with Gasteiger partial charge < -0.3 is 5.32 Å². The van der Waals surface area contributed by atoms with E-state index in [4.69, 9.17) is 0 Å². The van der Waals surface area contributed by atoms with Crippen molar-refractivity contribution in [3.05, 3.63) is 68.1 Å². The average molecular weight is 383 g/mol. The van der Waals surface area contributed by atoms with Gasteiger partial charge in [0.25, 0.3) is 0 Å². The van der Waals surface area contributed by atoms with E-state index in [0.29, 0.717) is 6.04 Å². The third-order valence-electron chi connectivity index (χ3n) is 3.18. The minimum Gasteiger partial charge on any atom is -0.306 e. The van der Waals surface area contributed by atoms with E-state index >= 15 is 0 Å². The fourth-order valence-corrected chi connectivity index (χ4v) is 2.65. The highest BCUT2D eigenvalue weighted by atomic mass is 79.9. The second kappa shape index (κ2) is 6.69. The van der Waals surface area contributed by atoms with Crippen molar-refractivity contribution in [1.29, 1.82) is 0 Å². The Labute approximate surface area is 131 Å². The Bertz CT molecular complexity index is 566. The van der Waals surface area contributed by atoms with Crippen molar-refractivity contribution in [2.75, 3.05) is 0 Å². The molecule has 0 aliphatic carbocycles. The van der Waals surface area contributed by atoms with E-state index in [0.717, 1.165) is 15.5 Å². The summed E-state index contributed by atoms with van der Waals surface area (Å²) >= 11 is 7.04. The molecule has 0 aliphatic heterocycles. The SMILES string of the molecule is Cc1cc(CN[C@@H](C)c2cccc(Br)c2)ccc1Br. The van der Waals surface area contributed by atoms with Crippen LogP contribution in [0.15, 0.2) is 51.4 Å². The van der Waals surface area contributed by atoms with Crippen LogP contribution in [0.4, 0.5) is 0 Å². The van der Waals surface area contributed by atoms with Gasteiger partial charge in [-0.1, -0.05) is 56.1 Å². The molecule has 0 bridgehead atoms. The zero-order valence-electron chi connectivity index (χ0n) is 11.1. The molecule has 0 spiro atoms. The lowest BCUT2D eigenvalue weighted by Crippen LogP contribution is -2.18.